The highest BCUT2D eigenvalue weighted by Crippen LogP contribution is 2.60. The summed E-state index contributed by atoms with van der Waals surface area (Å²) in [4.78, 5) is 11.8. The second-order valence-electron chi connectivity index (χ2n) is 7.00. The van der Waals surface area contributed by atoms with Crippen LogP contribution in [0.15, 0.2) is 12.2 Å². The van der Waals surface area contributed by atoms with Gasteiger partial charge in [0.05, 0.1) is 11.2 Å². The van der Waals surface area contributed by atoms with Gasteiger partial charge in [0.25, 0.3) is 0 Å². The molecule has 0 aliphatic heterocycles. The highest BCUT2D eigenvalue weighted by molar-refractivity contribution is 5.87. The summed E-state index contributed by atoms with van der Waals surface area (Å²) >= 11 is 0. The molecule has 0 radical (unpaired) electrons. The van der Waals surface area contributed by atoms with E-state index in [1.54, 1.807) is 6.92 Å². The van der Waals surface area contributed by atoms with Crippen LogP contribution in [-0.2, 0) is 9.53 Å². The number of ether oxygens (including phenoxy) is 1. The van der Waals surface area contributed by atoms with Gasteiger partial charge in [-0.25, -0.2) is 4.79 Å². The first-order valence-corrected chi connectivity index (χ1v) is 7.10. The van der Waals surface area contributed by atoms with Crippen molar-refractivity contribution in [2.45, 2.75) is 68.7 Å². The lowest BCUT2D eigenvalue weighted by atomic mass is 9.72. The van der Waals surface area contributed by atoms with Gasteiger partial charge in [0.1, 0.15) is 5.60 Å². The molecule has 4 atom stereocenters. The van der Waals surface area contributed by atoms with Crippen LogP contribution < -0.4 is 0 Å². The molecule has 3 bridgehead atoms. The Morgan fingerprint density at radius 3 is 2.74 bits per heavy atom. The Labute approximate surface area is 113 Å². The van der Waals surface area contributed by atoms with Crippen molar-refractivity contribution in [2.24, 2.45) is 5.92 Å². The van der Waals surface area contributed by atoms with E-state index >= 15 is 0 Å². The van der Waals surface area contributed by atoms with Crippen molar-refractivity contribution in [3.63, 3.8) is 0 Å². The van der Waals surface area contributed by atoms with Crippen LogP contribution in [-0.4, -0.2) is 33.0 Å². The number of aliphatic hydroxyl groups is 2. The molecular formula is C15H22O4. The zero-order valence-electron chi connectivity index (χ0n) is 11.4. The lowest BCUT2D eigenvalue weighted by Gasteiger charge is -2.45. The number of carbonyl (C=O) groups is 1. The normalized spacial score (nSPS) is 47.8. The zero-order chi connectivity index (χ0) is 13.9. The van der Waals surface area contributed by atoms with E-state index in [1.807, 2.05) is 0 Å². The molecule has 0 spiro atoms. The molecule has 19 heavy (non-hydrogen) atoms. The third-order valence-electron chi connectivity index (χ3n) is 5.15. The maximum Gasteiger partial charge on any atom is 0.333 e. The number of fused-ring (bicyclic) bond motifs is 2. The van der Waals surface area contributed by atoms with Crippen molar-refractivity contribution >= 4 is 5.97 Å². The second kappa shape index (κ2) is 3.83. The highest BCUT2D eigenvalue weighted by Gasteiger charge is 2.65. The van der Waals surface area contributed by atoms with Crippen molar-refractivity contribution in [2.75, 3.05) is 0 Å². The van der Waals surface area contributed by atoms with E-state index in [2.05, 4.69) is 6.58 Å². The van der Waals surface area contributed by atoms with Crippen LogP contribution in [0.5, 0.6) is 0 Å². The Hall–Kier alpha value is -0.870. The SMILES string of the molecule is C=C(C)C(=O)OC12CC3CCCC(O)(C1)CC3(O)C2. The molecule has 3 aliphatic rings. The van der Waals surface area contributed by atoms with Crippen LogP contribution in [0, 0.1) is 5.92 Å². The molecule has 0 amide bonds. The third-order valence-corrected chi connectivity index (χ3v) is 5.15. The second-order valence-corrected chi connectivity index (χ2v) is 7.00. The fraction of sp³-hybridized carbons (Fsp3) is 0.800. The van der Waals surface area contributed by atoms with Crippen LogP contribution in [0.2, 0.25) is 0 Å². The molecular weight excluding hydrogens is 244 g/mol. The van der Waals surface area contributed by atoms with Crippen LogP contribution in [0.1, 0.15) is 51.9 Å². The monoisotopic (exact) mass is 266 g/mol. The van der Waals surface area contributed by atoms with Crippen LogP contribution in [0.25, 0.3) is 0 Å². The maximum absolute atomic E-state index is 11.8. The predicted molar refractivity (Wildman–Crippen MR) is 69.3 cm³/mol. The summed E-state index contributed by atoms with van der Waals surface area (Å²) in [5, 5.41) is 21.5. The first-order chi connectivity index (χ1) is 8.76. The molecule has 0 aromatic carbocycles. The van der Waals surface area contributed by atoms with E-state index in [1.165, 1.54) is 0 Å². The smallest absolute Gasteiger partial charge is 0.333 e. The van der Waals surface area contributed by atoms with Gasteiger partial charge >= 0.3 is 5.97 Å². The minimum absolute atomic E-state index is 0.141. The summed E-state index contributed by atoms with van der Waals surface area (Å²) in [7, 11) is 0. The minimum Gasteiger partial charge on any atom is -0.455 e. The Morgan fingerprint density at radius 1 is 1.32 bits per heavy atom. The van der Waals surface area contributed by atoms with E-state index in [4.69, 9.17) is 4.74 Å². The van der Waals surface area contributed by atoms with Crippen molar-refractivity contribution in [3.05, 3.63) is 12.2 Å². The summed E-state index contributed by atoms with van der Waals surface area (Å²) in [6.07, 6.45) is 4.56. The topological polar surface area (TPSA) is 66.8 Å². The summed E-state index contributed by atoms with van der Waals surface area (Å²) in [5.41, 5.74) is -2.07. The molecule has 3 fully saturated rings. The van der Waals surface area contributed by atoms with Gasteiger partial charge in [0.2, 0.25) is 0 Å². The predicted octanol–water partition coefficient (Wildman–Crippen LogP) is 1.69. The van der Waals surface area contributed by atoms with Crippen LogP contribution in [0.4, 0.5) is 0 Å². The average Bonchev–Trinajstić information content (AvgIpc) is 2.38. The lowest BCUT2D eigenvalue weighted by Crippen LogP contribution is -2.52. The number of rotatable bonds is 2. The first-order valence-electron chi connectivity index (χ1n) is 7.10. The largest absolute Gasteiger partial charge is 0.455 e. The van der Waals surface area contributed by atoms with E-state index < -0.39 is 22.8 Å². The van der Waals surface area contributed by atoms with E-state index in [0.717, 1.165) is 12.8 Å². The average molecular weight is 266 g/mol. The van der Waals surface area contributed by atoms with Gasteiger partial charge in [0, 0.05) is 24.8 Å². The highest BCUT2D eigenvalue weighted by atomic mass is 16.6. The Morgan fingerprint density at radius 2 is 2.05 bits per heavy atom. The number of esters is 1. The summed E-state index contributed by atoms with van der Waals surface area (Å²) in [6.45, 7) is 5.23. The molecule has 3 rings (SSSR count). The van der Waals surface area contributed by atoms with Gasteiger partial charge < -0.3 is 14.9 Å². The molecule has 4 unspecified atom stereocenters. The molecule has 0 aromatic heterocycles. The molecule has 3 aliphatic carbocycles. The molecule has 0 saturated heterocycles. The van der Waals surface area contributed by atoms with Crippen molar-refractivity contribution in [1.29, 1.82) is 0 Å². The van der Waals surface area contributed by atoms with Gasteiger partial charge in [-0.1, -0.05) is 13.0 Å². The quantitative estimate of drug-likeness (QED) is 0.589. The maximum atomic E-state index is 11.8. The lowest BCUT2D eigenvalue weighted by molar-refractivity contribution is -0.179. The van der Waals surface area contributed by atoms with E-state index in [9.17, 15) is 15.0 Å². The fourth-order valence-corrected chi connectivity index (χ4v) is 4.61. The fourth-order valence-electron chi connectivity index (χ4n) is 4.61. The molecule has 4 nitrogen and oxygen atoms in total. The van der Waals surface area contributed by atoms with Crippen molar-refractivity contribution in [1.82, 2.24) is 0 Å². The molecule has 0 heterocycles. The standard InChI is InChI=1S/C15H22O4/c1-10(2)12(16)19-14-6-11-4-3-5-13(17,7-14)8-15(11,18)9-14/h11,17-18H,1,3-9H2,2H3. The Balaban J connectivity index is 1.92. The van der Waals surface area contributed by atoms with Gasteiger partial charge in [0.15, 0.2) is 0 Å². The zero-order valence-corrected chi connectivity index (χ0v) is 11.4. The summed E-state index contributed by atoms with van der Waals surface area (Å²) in [5.74, 6) is -0.269. The van der Waals surface area contributed by atoms with Crippen LogP contribution in [0.3, 0.4) is 0 Å². The number of hydrogen-bond donors (Lipinski definition) is 2. The first kappa shape index (κ1) is 13.1. The van der Waals surface area contributed by atoms with E-state index in [0.29, 0.717) is 37.7 Å². The summed E-state index contributed by atoms with van der Waals surface area (Å²) < 4.78 is 5.64. The van der Waals surface area contributed by atoms with Gasteiger partial charge in [-0.3, -0.25) is 0 Å². The van der Waals surface area contributed by atoms with Gasteiger partial charge in [-0.2, -0.15) is 0 Å². The van der Waals surface area contributed by atoms with Gasteiger partial charge in [-0.15, -0.1) is 0 Å². The number of carbonyl (C=O) groups excluding carboxylic acids is 1. The Kier molecular flexibility index (Phi) is 2.64. The molecule has 106 valence electrons. The van der Waals surface area contributed by atoms with Crippen LogP contribution >= 0.6 is 0 Å². The third kappa shape index (κ3) is 2.01. The van der Waals surface area contributed by atoms with E-state index in [-0.39, 0.29) is 5.92 Å². The Bertz CT molecular complexity index is 445. The molecule has 2 N–H and O–H groups in total. The number of hydrogen-bond acceptors (Lipinski definition) is 4. The minimum atomic E-state index is -0.881. The molecule has 4 heteroatoms. The van der Waals surface area contributed by atoms with Gasteiger partial charge in [-0.05, 0) is 32.1 Å². The molecule has 0 aromatic rings. The summed E-state index contributed by atoms with van der Waals surface area (Å²) in [6, 6.07) is 0. The molecule has 3 saturated carbocycles. The van der Waals surface area contributed by atoms with Crippen molar-refractivity contribution in [3.8, 4) is 0 Å². The van der Waals surface area contributed by atoms with Crippen molar-refractivity contribution < 1.29 is 19.7 Å².